The molecule has 1 aromatic heterocycles. The van der Waals surface area contributed by atoms with Crippen LogP contribution in [0.3, 0.4) is 0 Å². The highest BCUT2D eigenvalue weighted by atomic mass is 79.9. The molecule has 0 saturated heterocycles. The number of aromatic nitrogens is 2. The highest BCUT2D eigenvalue weighted by Gasteiger charge is 2.16. The van der Waals surface area contributed by atoms with E-state index in [4.69, 9.17) is 0 Å². The Labute approximate surface area is 137 Å². The molecule has 0 spiro atoms. The van der Waals surface area contributed by atoms with Crippen LogP contribution in [0.5, 0.6) is 5.75 Å². The lowest BCUT2D eigenvalue weighted by Crippen LogP contribution is -2.09. The molecule has 1 heterocycles. The first-order valence-corrected chi connectivity index (χ1v) is 7.74. The van der Waals surface area contributed by atoms with Gasteiger partial charge in [0.2, 0.25) is 0 Å². The molecule has 0 saturated carbocycles. The van der Waals surface area contributed by atoms with Gasteiger partial charge in [0.25, 0.3) is 5.56 Å². The van der Waals surface area contributed by atoms with Crippen molar-refractivity contribution in [2.24, 2.45) is 0 Å². The maximum Gasteiger partial charge on any atom is 0.259 e. The van der Waals surface area contributed by atoms with Gasteiger partial charge in [0, 0.05) is 4.47 Å². The van der Waals surface area contributed by atoms with E-state index in [2.05, 4.69) is 41.8 Å². The number of H-pyrrole nitrogens is 1. The Morgan fingerprint density at radius 3 is 2.71 bits per heavy atom. The Hall–Kier alpha value is -1.66. The van der Waals surface area contributed by atoms with E-state index in [1.807, 2.05) is 13.0 Å². The number of nitrogens with zero attached hydrogens (tertiary/aromatic N) is 1. The standard InChI is InChI=1S/C15H10Br2N2O2/c1-7-10(16)6-9(13(20)12(7)17)14-18-11-5-3-2-4-8(11)15(21)19-14/h2-6,20H,1H3,(H,18,19,21). The van der Waals surface area contributed by atoms with Crippen molar-refractivity contribution in [1.82, 2.24) is 9.97 Å². The highest BCUT2D eigenvalue weighted by Crippen LogP contribution is 2.40. The second-order valence-corrected chi connectivity index (χ2v) is 6.27. The van der Waals surface area contributed by atoms with Gasteiger partial charge >= 0.3 is 0 Å². The summed E-state index contributed by atoms with van der Waals surface area (Å²) in [5.74, 6) is 0.381. The number of fused-ring (bicyclic) bond motifs is 1. The van der Waals surface area contributed by atoms with Gasteiger partial charge in [0.05, 0.1) is 20.9 Å². The summed E-state index contributed by atoms with van der Waals surface area (Å²) in [6.07, 6.45) is 0. The van der Waals surface area contributed by atoms with E-state index in [9.17, 15) is 9.90 Å². The lowest BCUT2D eigenvalue weighted by atomic mass is 10.1. The number of benzene rings is 2. The van der Waals surface area contributed by atoms with Crippen molar-refractivity contribution >= 4 is 42.8 Å². The Morgan fingerprint density at radius 2 is 1.95 bits per heavy atom. The van der Waals surface area contributed by atoms with Crippen LogP contribution in [0, 0.1) is 6.92 Å². The summed E-state index contributed by atoms with van der Waals surface area (Å²) in [4.78, 5) is 19.3. The summed E-state index contributed by atoms with van der Waals surface area (Å²) in [5, 5.41) is 10.8. The van der Waals surface area contributed by atoms with Crippen LogP contribution in [0.25, 0.3) is 22.3 Å². The third kappa shape index (κ3) is 2.38. The fourth-order valence-corrected chi connectivity index (χ4v) is 3.22. The van der Waals surface area contributed by atoms with Crippen LogP contribution >= 0.6 is 31.9 Å². The molecule has 2 N–H and O–H groups in total. The van der Waals surface area contributed by atoms with E-state index in [-0.39, 0.29) is 11.3 Å². The molecule has 0 unspecified atom stereocenters. The Morgan fingerprint density at radius 1 is 1.24 bits per heavy atom. The fraction of sp³-hybridized carbons (Fsp3) is 0.0667. The molecule has 106 valence electrons. The molecule has 0 aliphatic carbocycles. The zero-order valence-corrected chi connectivity index (χ0v) is 14.1. The van der Waals surface area contributed by atoms with Gasteiger partial charge in [-0.15, -0.1) is 0 Å². The number of nitrogens with one attached hydrogen (secondary N) is 1. The molecule has 3 aromatic rings. The molecule has 0 aliphatic heterocycles. The SMILES string of the molecule is Cc1c(Br)cc(-c2nc3ccccc3c(=O)[nH]2)c(O)c1Br. The van der Waals surface area contributed by atoms with E-state index in [0.717, 1.165) is 10.0 Å². The first kappa shape index (κ1) is 14.3. The number of hydrogen-bond donors (Lipinski definition) is 2. The number of para-hydroxylation sites is 1. The molecule has 6 heteroatoms. The van der Waals surface area contributed by atoms with Crippen molar-refractivity contribution in [2.75, 3.05) is 0 Å². The van der Waals surface area contributed by atoms with Crippen molar-refractivity contribution < 1.29 is 5.11 Å². The molecule has 0 aliphatic rings. The summed E-state index contributed by atoms with van der Waals surface area (Å²) in [6.45, 7) is 1.87. The Bertz CT molecular complexity index is 919. The van der Waals surface area contributed by atoms with Crippen LogP contribution in [0.4, 0.5) is 0 Å². The fourth-order valence-electron chi connectivity index (χ4n) is 2.10. The normalized spacial score (nSPS) is 11.0. The van der Waals surface area contributed by atoms with Gasteiger partial charge in [-0.25, -0.2) is 4.98 Å². The third-order valence-corrected chi connectivity index (χ3v) is 5.08. The monoisotopic (exact) mass is 408 g/mol. The van der Waals surface area contributed by atoms with Crippen LogP contribution in [0.2, 0.25) is 0 Å². The maximum absolute atomic E-state index is 12.1. The van der Waals surface area contributed by atoms with E-state index in [1.165, 1.54) is 0 Å². The molecule has 0 radical (unpaired) electrons. The molecule has 0 atom stereocenters. The summed E-state index contributed by atoms with van der Waals surface area (Å²) in [7, 11) is 0. The maximum atomic E-state index is 12.1. The topological polar surface area (TPSA) is 66.0 Å². The number of hydrogen-bond acceptors (Lipinski definition) is 3. The van der Waals surface area contributed by atoms with Crippen molar-refractivity contribution in [3.8, 4) is 17.1 Å². The largest absolute Gasteiger partial charge is 0.506 e. The number of aromatic amines is 1. The summed E-state index contributed by atoms with van der Waals surface area (Å²) in [5.41, 5.74) is 1.69. The molecule has 0 bridgehead atoms. The Balaban J connectivity index is 2.34. The highest BCUT2D eigenvalue weighted by molar-refractivity contribution is 9.11. The van der Waals surface area contributed by atoms with Crippen molar-refractivity contribution in [1.29, 1.82) is 0 Å². The van der Waals surface area contributed by atoms with Gasteiger partial charge in [-0.1, -0.05) is 28.1 Å². The summed E-state index contributed by atoms with van der Waals surface area (Å²) in [6, 6.07) is 8.83. The van der Waals surface area contributed by atoms with Crippen molar-refractivity contribution in [2.45, 2.75) is 6.92 Å². The predicted octanol–water partition coefficient (Wildman–Crippen LogP) is 4.13. The second-order valence-electron chi connectivity index (χ2n) is 4.63. The molecule has 0 fully saturated rings. The lowest BCUT2D eigenvalue weighted by molar-refractivity contribution is 0.473. The minimum absolute atomic E-state index is 0.0501. The van der Waals surface area contributed by atoms with E-state index in [1.54, 1.807) is 24.3 Å². The molecular formula is C15H10Br2N2O2. The molecule has 21 heavy (non-hydrogen) atoms. The van der Waals surface area contributed by atoms with E-state index in [0.29, 0.717) is 26.8 Å². The predicted molar refractivity (Wildman–Crippen MR) is 89.6 cm³/mol. The second kappa shape index (κ2) is 5.27. The van der Waals surface area contributed by atoms with Gasteiger partial charge in [-0.3, -0.25) is 4.79 Å². The van der Waals surface area contributed by atoms with E-state index < -0.39 is 0 Å². The third-order valence-electron chi connectivity index (χ3n) is 3.29. The van der Waals surface area contributed by atoms with Crippen LogP contribution in [0.1, 0.15) is 5.56 Å². The minimum Gasteiger partial charge on any atom is -0.506 e. The van der Waals surface area contributed by atoms with Gasteiger partial charge in [0.15, 0.2) is 0 Å². The van der Waals surface area contributed by atoms with Crippen LogP contribution in [-0.2, 0) is 0 Å². The number of halogens is 2. The smallest absolute Gasteiger partial charge is 0.259 e. The number of phenolic OH excluding ortho intramolecular Hbond substituents is 1. The zero-order chi connectivity index (χ0) is 15.1. The lowest BCUT2D eigenvalue weighted by Gasteiger charge is -2.10. The van der Waals surface area contributed by atoms with Gasteiger partial charge in [-0.05, 0) is 46.6 Å². The summed E-state index contributed by atoms with van der Waals surface area (Å²) >= 11 is 6.78. The van der Waals surface area contributed by atoms with Crippen LogP contribution in [0.15, 0.2) is 44.1 Å². The van der Waals surface area contributed by atoms with E-state index >= 15 is 0 Å². The van der Waals surface area contributed by atoms with Gasteiger partial charge < -0.3 is 10.1 Å². The number of phenols is 1. The molecule has 3 rings (SSSR count). The average molecular weight is 410 g/mol. The zero-order valence-electron chi connectivity index (χ0n) is 10.9. The van der Waals surface area contributed by atoms with Gasteiger partial charge in [0.1, 0.15) is 11.6 Å². The van der Waals surface area contributed by atoms with Crippen molar-refractivity contribution in [3.63, 3.8) is 0 Å². The summed E-state index contributed by atoms with van der Waals surface area (Å²) < 4.78 is 1.39. The molecule has 0 amide bonds. The average Bonchev–Trinajstić information content (AvgIpc) is 2.49. The molecule has 2 aromatic carbocycles. The van der Waals surface area contributed by atoms with Crippen molar-refractivity contribution in [3.05, 3.63) is 55.2 Å². The van der Waals surface area contributed by atoms with Crippen LogP contribution < -0.4 is 5.56 Å². The van der Waals surface area contributed by atoms with Gasteiger partial charge in [-0.2, -0.15) is 0 Å². The quantitative estimate of drug-likeness (QED) is 0.635. The molecule has 4 nitrogen and oxygen atoms in total. The Kier molecular flexibility index (Phi) is 3.59. The molecular weight excluding hydrogens is 400 g/mol. The number of aromatic hydroxyl groups is 1. The first-order valence-electron chi connectivity index (χ1n) is 6.16. The van der Waals surface area contributed by atoms with Crippen LogP contribution in [-0.4, -0.2) is 15.1 Å². The minimum atomic E-state index is -0.234. The first-order chi connectivity index (χ1) is 9.99. The number of rotatable bonds is 1.